The van der Waals surface area contributed by atoms with Crippen LogP contribution in [-0.4, -0.2) is 36.9 Å². The van der Waals surface area contributed by atoms with Gasteiger partial charge in [0.25, 0.3) is 0 Å². The first-order valence-corrected chi connectivity index (χ1v) is 6.34. The van der Waals surface area contributed by atoms with Gasteiger partial charge in [0.2, 0.25) is 11.8 Å². The van der Waals surface area contributed by atoms with Gasteiger partial charge < -0.3 is 11.1 Å². The highest BCUT2D eigenvalue weighted by molar-refractivity contribution is 6.31. The summed E-state index contributed by atoms with van der Waals surface area (Å²) in [6, 6.07) is 7.35. The van der Waals surface area contributed by atoms with Crippen molar-refractivity contribution in [1.82, 2.24) is 10.2 Å². The molecule has 0 aliphatic rings. The number of likely N-dealkylation sites (N-methyl/N-ethyl adjacent to an activating group) is 1. The third-order valence-electron chi connectivity index (χ3n) is 2.58. The molecule has 0 atom stereocenters. The van der Waals surface area contributed by atoms with Crippen molar-refractivity contribution < 1.29 is 9.59 Å². The van der Waals surface area contributed by atoms with Gasteiger partial charge in [-0.2, -0.15) is 0 Å². The number of amides is 2. The Morgan fingerprint density at radius 2 is 2.05 bits per heavy atom. The fraction of sp³-hybridized carbons (Fsp3) is 0.385. The van der Waals surface area contributed by atoms with E-state index in [9.17, 15) is 9.59 Å². The molecule has 1 aromatic carbocycles. The first kappa shape index (κ1) is 15.5. The second kappa shape index (κ2) is 7.76. The molecule has 0 fully saturated rings. The monoisotopic (exact) mass is 283 g/mol. The van der Waals surface area contributed by atoms with Gasteiger partial charge >= 0.3 is 0 Å². The summed E-state index contributed by atoms with van der Waals surface area (Å²) in [5, 5.41) is 3.42. The van der Waals surface area contributed by atoms with E-state index in [-0.39, 0.29) is 12.5 Å². The molecule has 1 aromatic rings. The zero-order valence-electron chi connectivity index (χ0n) is 10.9. The third-order valence-corrected chi connectivity index (χ3v) is 2.95. The molecule has 5 nitrogen and oxygen atoms in total. The van der Waals surface area contributed by atoms with Crippen molar-refractivity contribution in [2.45, 2.75) is 13.0 Å². The van der Waals surface area contributed by atoms with Crippen LogP contribution in [0.1, 0.15) is 12.0 Å². The molecule has 6 heteroatoms. The minimum absolute atomic E-state index is 0.0868. The number of primary amides is 1. The van der Waals surface area contributed by atoms with Crippen molar-refractivity contribution in [2.24, 2.45) is 5.73 Å². The van der Waals surface area contributed by atoms with Gasteiger partial charge in [0.1, 0.15) is 0 Å². The molecular weight excluding hydrogens is 266 g/mol. The van der Waals surface area contributed by atoms with Crippen LogP contribution in [0.5, 0.6) is 0 Å². The average molecular weight is 284 g/mol. The minimum atomic E-state index is -0.404. The molecule has 0 saturated carbocycles. The maximum atomic E-state index is 11.6. The summed E-state index contributed by atoms with van der Waals surface area (Å²) < 4.78 is 0. The molecule has 0 aliphatic carbocycles. The largest absolute Gasteiger partial charge is 0.369 e. The topological polar surface area (TPSA) is 75.4 Å². The zero-order chi connectivity index (χ0) is 14.3. The Morgan fingerprint density at radius 1 is 1.37 bits per heavy atom. The average Bonchev–Trinajstić information content (AvgIpc) is 2.34. The van der Waals surface area contributed by atoms with Gasteiger partial charge in [-0.1, -0.05) is 29.8 Å². The molecule has 0 heterocycles. The van der Waals surface area contributed by atoms with E-state index in [2.05, 4.69) is 5.32 Å². The summed E-state index contributed by atoms with van der Waals surface area (Å²) in [5.41, 5.74) is 5.93. The zero-order valence-corrected chi connectivity index (χ0v) is 11.6. The Balaban J connectivity index is 2.29. The summed E-state index contributed by atoms with van der Waals surface area (Å²) in [5.74, 6) is -0.491. The number of benzene rings is 1. The van der Waals surface area contributed by atoms with Gasteiger partial charge in [0.05, 0.1) is 6.54 Å². The molecule has 0 radical (unpaired) electrons. The van der Waals surface area contributed by atoms with E-state index in [1.54, 1.807) is 18.0 Å². The van der Waals surface area contributed by atoms with Crippen molar-refractivity contribution in [2.75, 3.05) is 20.1 Å². The highest BCUT2D eigenvalue weighted by Crippen LogP contribution is 2.14. The summed E-state index contributed by atoms with van der Waals surface area (Å²) in [7, 11) is 1.74. The number of carbonyl (C=O) groups excluding carboxylic acids is 2. The Kier molecular flexibility index (Phi) is 6.32. The molecule has 0 bridgehead atoms. The fourth-order valence-corrected chi connectivity index (χ4v) is 1.76. The van der Waals surface area contributed by atoms with Crippen LogP contribution in [0.15, 0.2) is 24.3 Å². The number of hydrogen-bond donors (Lipinski definition) is 2. The van der Waals surface area contributed by atoms with Gasteiger partial charge in [0.15, 0.2) is 0 Å². The second-order valence-corrected chi connectivity index (χ2v) is 4.73. The molecule has 2 amide bonds. The molecule has 3 N–H and O–H groups in total. The van der Waals surface area contributed by atoms with E-state index in [1.165, 1.54) is 0 Å². The first-order valence-electron chi connectivity index (χ1n) is 5.96. The lowest BCUT2D eigenvalue weighted by Gasteiger charge is -2.14. The molecule has 0 unspecified atom stereocenters. The SMILES string of the molecule is CN(CCC(=O)NCc1ccccc1Cl)CC(N)=O. The fourth-order valence-electron chi connectivity index (χ4n) is 1.56. The molecule has 19 heavy (non-hydrogen) atoms. The molecule has 0 aliphatic heterocycles. The van der Waals surface area contributed by atoms with Crippen LogP contribution in [0.4, 0.5) is 0 Å². The van der Waals surface area contributed by atoms with E-state index in [0.717, 1.165) is 5.56 Å². The number of rotatable bonds is 7. The van der Waals surface area contributed by atoms with Gasteiger partial charge in [-0.15, -0.1) is 0 Å². The van der Waals surface area contributed by atoms with E-state index in [1.807, 2.05) is 18.2 Å². The Bertz CT molecular complexity index is 451. The van der Waals surface area contributed by atoms with Crippen molar-refractivity contribution in [1.29, 1.82) is 0 Å². The molecular formula is C13H18ClN3O2. The van der Waals surface area contributed by atoms with E-state index >= 15 is 0 Å². The van der Waals surface area contributed by atoms with Crippen molar-refractivity contribution >= 4 is 23.4 Å². The Morgan fingerprint density at radius 3 is 2.68 bits per heavy atom. The maximum absolute atomic E-state index is 11.6. The van der Waals surface area contributed by atoms with Crippen molar-refractivity contribution in [3.05, 3.63) is 34.9 Å². The molecule has 0 aromatic heterocycles. The first-order chi connectivity index (χ1) is 8.99. The van der Waals surface area contributed by atoms with Crippen LogP contribution in [-0.2, 0) is 16.1 Å². The number of halogens is 1. The number of hydrogen-bond acceptors (Lipinski definition) is 3. The van der Waals surface area contributed by atoms with Crippen LogP contribution < -0.4 is 11.1 Å². The smallest absolute Gasteiger partial charge is 0.231 e. The normalized spacial score (nSPS) is 10.5. The number of nitrogens with zero attached hydrogens (tertiary/aromatic N) is 1. The Hall–Kier alpha value is -1.59. The van der Waals surface area contributed by atoms with E-state index < -0.39 is 5.91 Å². The van der Waals surface area contributed by atoms with Gasteiger partial charge in [-0.05, 0) is 18.7 Å². The number of nitrogens with two attached hydrogens (primary N) is 1. The molecule has 104 valence electrons. The van der Waals surface area contributed by atoms with E-state index in [4.69, 9.17) is 17.3 Å². The lowest BCUT2D eigenvalue weighted by Crippen LogP contribution is -2.34. The van der Waals surface area contributed by atoms with Gasteiger partial charge in [-0.25, -0.2) is 0 Å². The van der Waals surface area contributed by atoms with Crippen LogP contribution in [0.2, 0.25) is 5.02 Å². The van der Waals surface area contributed by atoms with Crippen molar-refractivity contribution in [3.8, 4) is 0 Å². The van der Waals surface area contributed by atoms with Crippen molar-refractivity contribution in [3.63, 3.8) is 0 Å². The Labute approximate surface area is 117 Å². The standard InChI is InChI=1S/C13H18ClN3O2/c1-17(9-12(15)18)7-6-13(19)16-8-10-4-2-3-5-11(10)14/h2-5H,6-9H2,1H3,(H2,15,18)(H,16,19). The third kappa shape index (κ3) is 6.22. The predicted octanol–water partition coefficient (Wildman–Crippen LogP) is 0.763. The predicted molar refractivity (Wildman–Crippen MR) is 74.6 cm³/mol. The maximum Gasteiger partial charge on any atom is 0.231 e. The van der Waals surface area contributed by atoms with Crippen LogP contribution in [0, 0.1) is 0 Å². The van der Waals surface area contributed by atoms with E-state index in [0.29, 0.717) is 24.5 Å². The van der Waals surface area contributed by atoms with Crippen LogP contribution in [0.25, 0.3) is 0 Å². The molecule has 0 spiro atoms. The quantitative estimate of drug-likeness (QED) is 0.776. The number of nitrogens with one attached hydrogen (secondary N) is 1. The summed E-state index contributed by atoms with van der Waals surface area (Å²) in [6.45, 7) is 1.03. The minimum Gasteiger partial charge on any atom is -0.369 e. The molecule has 1 rings (SSSR count). The number of carbonyl (C=O) groups is 2. The summed E-state index contributed by atoms with van der Waals surface area (Å²) >= 11 is 5.98. The van der Waals surface area contributed by atoms with Crippen LogP contribution in [0.3, 0.4) is 0 Å². The lowest BCUT2D eigenvalue weighted by atomic mass is 10.2. The lowest BCUT2D eigenvalue weighted by molar-refractivity contribution is -0.123. The highest BCUT2D eigenvalue weighted by atomic mass is 35.5. The van der Waals surface area contributed by atoms with Gasteiger partial charge in [-0.3, -0.25) is 14.5 Å². The second-order valence-electron chi connectivity index (χ2n) is 4.32. The van der Waals surface area contributed by atoms with Gasteiger partial charge in [0, 0.05) is 24.5 Å². The molecule has 0 saturated heterocycles. The van der Waals surface area contributed by atoms with Crippen LogP contribution >= 0.6 is 11.6 Å². The summed E-state index contributed by atoms with van der Waals surface area (Å²) in [4.78, 5) is 24.0. The highest BCUT2D eigenvalue weighted by Gasteiger charge is 2.07. The summed E-state index contributed by atoms with van der Waals surface area (Å²) in [6.07, 6.45) is 0.314.